The van der Waals surface area contributed by atoms with E-state index in [-0.39, 0.29) is 12.7 Å². The van der Waals surface area contributed by atoms with Crippen LogP contribution in [0.1, 0.15) is 73.1 Å². The summed E-state index contributed by atoms with van der Waals surface area (Å²) < 4.78 is 30.4. The van der Waals surface area contributed by atoms with Crippen molar-refractivity contribution in [2.24, 2.45) is 0 Å². The summed E-state index contributed by atoms with van der Waals surface area (Å²) in [5, 5.41) is 13.8. The molecule has 0 aliphatic carbocycles. The van der Waals surface area contributed by atoms with Crippen LogP contribution in [-0.4, -0.2) is 54.9 Å². The molecule has 3 rings (SSSR count). The summed E-state index contributed by atoms with van der Waals surface area (Å²) in [6.45, 7) is 10.8. The summed E-state index contributed by atoms with van der Waals surface area (Å²) in [6, 6.07) is 2.46. The maximum Gasteiger partial charge on any atom is 0.230 e. The molecule has 7 heteroatoms. The van der Waals surface area contributed by atoms with E-state index in [9.17, 15) is 5.26 Å². The molecule has 3 aliphatic heterocycles. The lowest BCUT2D eigenvalue weighted by Crippen LogP contribution is -2.76. The first-order valence-corrected chi connectivity index (χ1v) is 10.7. The number of nitriles is 1. The van der Waals surface area contributed by atoms with Gasteiger partial charge in [-0.3, -0.25) is 5.32 Å². The first kappa shape index (κ1) is 21.9. The number of ether oxygens (including phenoxy) is 5. The summed E-state index contributed by atoms with van der Waals surface area (Å²) >= 11 is 0. The molecule has 0 aromatic heterocycles. The molecular weight excluding hydrogens is 360 g/mol. The van der Waals surface area contributed by atoms with E-state index in [0.717, 1.165) is 12.8 Å². The van der Waals surface area contributed by atoms with Crippen LogP contribution >= 0.6 is 0 Å². The minimum absolute atomic E-state index is 0.171. The third-order valence-corrected chi connectivity index (χ3v) is 5.82. The van der Waals surface area contributed by atoms with Gasteiger partial charge in [-0.25, -0.2) is 0 Å². The van der Waals surface area contributed by atoms with Crippen LogP contribution in [-0.2, 0) is 23.7 Å². The molecule has 3 aliphatic rings. The molecule has 0 amide bonds. The molecule has 3 saturated heterocycles. The highest BCUT2D eigenvalue weighted by Crippen LogP contribution is 2.49. The van der Waals surface area contributed by atoms with Gasteiger partial charge in [-0.1, -0.05) is 39.0 Å². The fourth-order valence-electron chi connectivity index (χ4n) is 4.48. The van der Waals surface area contributed by atoms with Crippen LogP contribution in [0.5, 0.6) is 0 Å². The Labute approximate surface area is 169 Å². The van der Waals surface area contributed by atoms with Crippen LogP contribution in [0, 0.1) is 11.3 Å². The Balaban J connectivity index is 1.76. The van der Waals surface area contributed by atoms with Crippen LogP contribution in [0.15, 0.2) is 0 Å². The second kappa shape index (κ2) is 8.17. The van der Waals surface area contributed by atoms with Crippen molar-refractivity contribution < 1.29 is 23.7 Å². The van der Waals surface area contributed by atoms with Crippen LogP contribution < -0.4 is 5.32 Å². The minimum Gasteiger partial charge on any atom is -0.345 e. The highest BCUT2D eigenvalue weighted by atomic mass is 16.8. The molecule has 28 heavy (non-hydrogen) atoms. The average Bonchev–Trinajstić information content (AvgIpc) is 3.12. The van der Waals surface area contributed by atoms with Gasteiger partial charge < -0.3 is 23.7 Å². The SMILES string of the molecule is CCCCCCCCN[C@]1(C#N)[C@@H]2OC(C)(C)O[C@@H]2CO[C@]12COC(C)(C)O2. The zero-order valence-corrected chi connectivity index (χ0v) is 18.0. The number of nitrogens with zero attached hydrogens (tertiary/aromatic N) is 1. The number of hydrogen-bond acceptors (Lipinski definition) is 7. The van der Waals surface area contributed by atoms with Crippen molar-refractivity contribution >= 4 is 0 Å². The number of nitrogens with one attached hydrogen (secondary N) is 1. The Morgan fingerprint density at radius 1 is 0.964 bits per heavy atom. The molecule has 3 heterocycles. The van der Waals surface area contributed by atoms with Gasteiger partial charge in [0.05, 0.1) is 12.7 Å². The Morgan fingerprint density at radius 2 is 1.68 bits per heavy atom. The molecule has 1 spiro atoms. The van der Waals surface area contributed by atoms with Crippen molar-refractivity contribution in [1.82, 2.24) is 5.32 Å². The van der Waals surface area contributed by atoms with Crippen LogP contribution in [0.2, 0.25) is 0 Å². The van der Waals surface area contributed by atoms with Gasteiger partial charge in [0, 0.05) is 0 Å². The highest BCUT2D eigenvalue weighted by molar-refractivity contribution is 5.26. The summed E-state index contributed by atoms with van der Waals surface area (Å²) in [5.41, 5.74) is -1.21. The lowest BCUT2D eigenvalue weighted by atomic mass is 9.79. The van der Waals surface area contributed by atoms with E-state index < -0.39 is 29.0 Å². The third-order valence-electron chi connectivity index (χ3n) is 5.82. The molecule has 0 bridgehead atoms. The van der Waals surface area contributed by atoms with E-state index >= 15 is 0 Å². The van der Waals surface area contributed by atoms with Crippen LogP contribution in [0.3, 0.4) is 0 Å². The maximum absolute atomic E-state index is 10.4. The van der Waals surface area contributed by atoms with Gasteiger partial charge in [-0.2, -0.15) is 5.26 Å². The topological polar surface area (TPSA) is 82.0 Å². The molecule has 0 aromatic carbocycles. The lowest BCUT2D eigenvalue weighted by molar-refractivity contribution is -0.314. The van der Waals surface area contributed by atoms with Gasteiger partial charge in [0.1, 0.15) is 18.8 Å². The fourth-order valence-corrected chi connectivity index (χ4v) is 4.48. The van der Waals surface area contributed by atoms with Crippen molar-refractivity contribution in [3.05, 3.63) is 0 Å². The van der Waals surface area contributed by atoms with Gasteiger partial charge >= 0.3 is 0 Å². The van der Waals surface area contributed by atoms with E-state index in [1.165, 1.54) is 25.7 Å². The predicted octanol–water partition coefficient (Wildman–Crippen LogP) is 3.23. The second-order valence-electron chi connectivity index (χ2n) is 9.06. The first-order chi connectivity index (χ1) is 13.2. The summed E-state index contributed by atoms with van der Waals surface area (Å²) in [7, 11) is 0. The molecule has 1 N–H and O–H groups in total. The molecule has 4 atom stereocenters. The quantitative estimate of drug-likeness (QED) is 0.631. The van der Waals surface area contributed by atoms with Crippen molar-refractivity contribution in [2.45, 2.75) is 108 Å². The van der Waals surface area contributed by atoms with Gasteiger partial charge in [-0.05, 0) is 40.7 Å². The zero-order valence-electron chi connectivity index (χ0n) is 18.0. The van der Waals surface area contributed by atoms with E-state index in [4.69, 9.17) is 23.7 Å². The molecule has 0 radical (unpaired) electrons. The molecule has 160 valence electrons. The third kappa shape index (κ3) is 4.09. The van der Waals surface area contributed by atoms with E-state index in [1.54, 1.807) is 0 Å². The minimum atomic E-state index is -1.22. The van der Waals surface area contributed by atoms with Crippen LogP contribution in [0.4, 0.5) is 0 Å². The van der Waals surface area contributed by atoms with Gasteiger partial charge in [0.25, 0.3) is 0 Å². The summed E-state index contributed by atoms with van der Waals surface area (Å²) in [5.74, 6) is -2.83. The number of hydrogen-bond donors (Lipinski definition) is 1. The Bertz CT molecular complexity index is 588. The second-order valence-corrected chi connectivity index (χ2v) is 9.06. The maximum atomic E-state index is 10.4. The van der Waals surface area contributed by atoms with Crippen molar-refractivity contribution in [2.75, 3.05) is 19.8 Å². The van der Waals surface area contributed by atoms with Crippen LogP contribution in [0.25, 0.3) is 0 Å². The monoisotopic (exact) mass is 396 g/mol. The molecule has 0 saturated carbocycles. The number of unbranched alkanes of at least 4 members (excludes halogenated alkanes) is 5. The summed E-state index contributed by atoms with van der Waals surface area (Å²) in [4.78, 5) is 0. The standard InChI is InChI=1S/C21H36N2O5/c1-6-7-8-9-10-11-12-23-20(14-22)17-16(26-19(4,5)27-17)13-24-21(20)15-25-18(2,3)28-21/h16-17,23H,6-13,15H2,1-5H3/t16-,17-,20-,21+/m1/s1. The van der Waals surface area contributed by atoms with Crippen molar-refractivity contribution in [3.63, 3.8) is 0 Å². The Hall–Kier alpha value is -0.750. The molecule has 0 unspecified atom stereocenters. The molecular formula is C21H36N2O5. The van der Waals surface area contributed by atoms with Gasteiger partial charge in [0.15, 0.2) is 17.1 Å². The normalized spacial score (nSPS) is 38.4. The van der Waals surface area contributed by atoms with Crippen molar-refractivity contribution in [3.8, 4) is 6.07 Å². The van der Waals surface area contributed by atoms with E-state index in [0.29, 0.717) is 13.2 Å². The number of fused-ring (bicyclic) bond motifs is 1. The zero-order chi connectivity index (χ0) is 20.5. The highest BCUT2D eigenvalue weighted by Gasteiger charge is 2.71. The Morgan fingerprint density at radius 3 is 2.32 bits per heavy atom. The van der Waals surface area contributed by atoms with Gasteiger partial charge in [-0.15, -0.1) is 0 Å². The lowest BCUT2D eigenvalue weighted by Gasteiger charge is -2.50. The Kier molecular flexibility index (Phi) is 6.41. The van der Waals surface area contributed by atoms with Gasteiger partial charge in [0.2, 0.25) is 5.79 Å². The van der Waals surface area contributed by atoms with Crippen molar-refractivity contribution in [1.29, 1.82) is 5.26 Å². The smallest absolute Gasteiger partial charge is 0.230 e. The molecule has 7 nitrogen and oxygen atoms in total. The summed E-state index contributed by atoms with van der Waals surface area (Å²) in [6.07, 6.45) is 6.26. The average molecular weight is 397 g/mol. The molecule has 3 fully saturated rings. The number of rotatable bonds is 8. The molecule has 0 aromatic rings. The van der Waals surface area contributed by atoms with E-state index in [2.05, 4.69) is 18.3 Å². The first-order valence-electron chi connectivity index (χ1n) is 10.7. The van der Waals surface area contributed by atoms with E-state index in [1.807, 2.05) is 27.7 Å². The predicted molar refractivity (Wildman–Crippen MR) is 103 cm³/mol. The largest absolute Gasteiger partial charge is 0.345 e. The fraction of sp³-hybridized carbons (Fsp3) is 0.952.